The number of likely N-dealkylation sites (tertiary alicyclic amines) is 2. The molecule has 5 rings (SSSR count). The molecule has 1 aromatic carbocycles. The van der Waals surface area contributed by atoms with Crippen LogP contribution < -0.4 is 5.73 Å². The lowest BCUT2D eigenvalue weighted by atomic mass is 9.84. The molecule has 2 aromatic heterocycles. The van der Waals surface area contributed by atoms with Crippen molar-refractivity contribution in [2.45, 2.75) is 32.1 Å². The molecular weight excluding hydrogens is 412 g/mol. The van der Waals surface area contributed by atoms with Gasteiger partial charge in [-0.2, -0.15) is 0 Å². The molecule has 0 aliphatic carbocycles. The highest BCUT2D eigenvalue weighted by Gasteiger charge is 2.32. The van der Waals surface area contributed by atoms with Crippen LogP contribution in [0.4, 0.5) is 5.82 Å². The SMILES string of the molecule is Cc1c(N)ncnc1-n1ccc2c(C3CCCN(C)C3)c(C(=O)N3CCC3)c(Cl)cc21. The maximum Gasteiger partial charge on any atom is 0.255 e. The lowest BCUT2D eigenvalue weighted by Crippen LogP contribution is -2.43. The highest BCUT2D eigenvalue weighted by atomic mass is 35.5. The Morgan fingerprint density at radius 1 is 1.23 bits per heavy atom. The second-order valence-electron chi connectivity index (χ2n) is 8.72. The first-order valence-electron chi connectivity index (χ1n) is 10.8. The summed E-state index contributed by atoms with van der Waals surface area (Å²) in [6.45, 7) is 5.52. The van der Waals surface area contributed by atoms with Crippen LogP contribution in [0, 0.1) is 6.92 Å². The van der Waals surface area contributed by atoms with E-state index in [1.165, 1.54) is 6.33 Å². The summed E-state index contributed by atoms with van der Waals surface area (Å²) in [6, 6.07) is 3.98. The van der Waals surface area contributed by atoms with Gasteiger partial charge in [-0.15, -0.1) is 0 Å². The van der Waals surface area contributed by atoms with Gasteiger partial charge in [0, 0.05) is 36.8 Å². The molecule has 4 heterocycles. The molecule has 1 unspecified atom stereocenters. The molecule has 2 fully saturated rings. The second kappa shape index (κ2) is 7.80. The van der Waals surface area contributed by atoms with E-state index < -0.39 is 0 Å². The van der Waals surface area contributed by atoms with Crippen molar-refractivity contribution < 1.29 is 4.79 Å². The number of aromatic nitrogens is 3. The number of hydrogen-bond donors (Lipinski definition) is 1. The normalized spacial score (nSPS) is 19.6. The van der Waals surface area contributed by atoms with E-state index in [9.17, 15) is 4.79 Å². The van der Waals surface area contributed by atoms with Crippen molar-refractivity contribution in [2.24, 2.45) is 0 Å². The molecule has 0 spiro atoms. The molecule has 31 heavy (non-hydrogen) atoms. The van der Waals surface area contributed by atoms with E-state index in [-0.39, 0.29) is 11.8 Å². The number of carbonyl (C=O) groups excluding carboxylic acids is 1. The number of carbonyl (C=O) groups is 1. The zero-order valence-electron chi connectivity index (χ0n) is 17.9. The number of nitrogen functional groups attached to an aromatic ring is 1. The van der Waals surface area contributed by atoms with Gasteiger partial charge >= 0.3 is 0 Å². The smallest absolute Gasteiger partial charge is 0.255 e. The average molecular weight is 439 g/mol. The predicted molar refractivity (Wildman–Crippen MR) is 123 cm³/mol. The van der Waals surface area contributed by atoms with Gasteiger partial charge in [-0.05, 0) is 63.4 Å². The Bertz CT molecular complexity index is 1170. The Hall–Kier alpha value is -2.64. The van der Waals surface area contributed by atoms with Crippen LogP contribution in [0.5, 0.6) is 0 Å². The monoisotopic (exact) mass is 438 g/mol. The molecule has 8 heteroatoms. The fourth-order valence-corrected chi connectivity index (χ4v) is 5.16. The molecule has 162 valence electrons. The van der Waals surface area contributed by atoms with Crippen molar-refractivity contribution in [1.82, 2.24) is 24.3 Å². The van der Waals surface area contributed by atoms with Crippen LogP contribution in [0.3, 0.4) is 0 Å². The first-order valence-corrected chi connectivity index (χ1v) is 11.2. The molecule has 0 bridgehead atoms. The van der Waals surface area contributed by atoms with Crippen molar-refractivity contribution in [3.05, 3.63) is 46.4 Å². The van der Waals surface area contributed by atoms with Crippen molar-refractivity contribution in [1.29, 1.82) is 0 Å². The highest BCUT2D eigenvalue weighted by Crippen LogP contribution is 2.40. The predicted octanol–water partition coefficient (Wildman–Crippen LogP) is 3.62. The molecule has 2 aliphatic heterocycles. The van der Waals surface area contributed by atoms with Gasteiger partial charge in [-0.1, -0.05) is 11.6 Å². The second-order valence-corrected chi connectivity index (χ2v) is 9.13. The number of halogens is 1. The molecule has 0 radical (unpaired) electrons. The number of benzene rings is 1. The van der Waals surface area contributed by atoms with E-state index in [1.807, 2.05) is 28.7 Å². The van der Waals surface area contributed by atoms with Crippen molar-refractivity contribution in [2.75, 3.05) is 39.0 Å². The van der Waals surface area contributed by atoms with Gasteiger partial charge in [0.1, 0.15) is 18.0 Å². The zero-order valence-corrected chi connectivity index (χ0v) is 18.7. The van der Waals surface area contributed by atoms with E-state index >= 15 is 0 Å². The minimum absolute atomic E-state index is 0.0524. The number of hydrogen-bond acceptors (Lipinski definition) is 5. The molecule has 3 aromatic rings. The molecule has 1 amide bonds. The molecule has 0 saturated carbocycles. The molecule has 7 nitrogen and oxygen atoms in total. The molecule has 1 atom stereocenters. The third-order valence-corrected chi connectivity index (χ3v) is 7.00. The van der Waals surface area contributed by atoms with Crippen LogP contribution >= 0.6 is 11.6 Å². The Balaban J connectivity index is 1.74. The highest BCUT2D eigenvalue weighted by molar-refractivity contribution is 6.35. The van der Waals surface area contributed by atoms with Crippen LogP contribution in [0.2, 0.25) is 5.02 Å². The number of rotatable bonds is 3. The van der Waals surface area contributed by atoms with Crippen LogP contribution in [0.25, 0.3) is 16.7 Å². The zero-order chi connectivity index (χ0) is 21.7. The summed E-state index contributed by atoms with van der Waals surface area (Å²) in [6.07, 6.45) is 6.67. The third kappa shape index (κ3) is 3.36. The van der Waals surface area contributed by atoms with Gasteiger partial charge < -0.3 is 20.1 Å². The fourth-order valence-electron chi connectivity index (χ4n) is 4.88. The van der Waals surface area contributed by atoms with Gasteiger partial charge in [-0.25, -0.2) is 9.97 Å². The summed E-state index contributed by atoms with van der Waals surface area (Å²) in [4.78, 5) is 26.2. The van der Waals surface area contributed by atoms with E-state index in [4.69, 9.17) is 17.3 Å². The van der Waals surface area contributed by atoms with Crippen molar-refractivity contribution in [3.63, 3.8) is 0 Å². The quantitative estimate of drug-likeness (QED) is 0.675. The van der Waals surface area contributed by atoms with Gasteiger partial charge in [0.05, 0.1) is 16.1 Å². The van der Waals surface area contributed by atoms with Gasteiger partial charge in [-0.3, -0.25) is 4.79 Å². The summed E-state index contributed by atoms with van der Waals surface area (Å²) in [7, 11) is 2.14. The van der Waals surface area contributed by atoms with Crippen LogP contribution in [0.15, 0.2) is 24.7 Å². The lowest BCUT2D eigenvalue weighted by molar-refractivity contribution is 0.0650. The molecule has 2 N–H and O–H groups in total. The molecule has 2 aliphatic rings. The number of nitrogens with zero attached hydrogens (tertiary/aromatic N) is 5. The summed E-state index contributed by atoms with van der Waals surface area (Å²) >= 11 is 6.84. The summed E-state index contributed by atoms with van der Waals surface area (Å²) in [5.41, 5.74) is 9.54. The Morgan fingerprint density at radius 2 is 2.03 bits per heavy atom. The minimum atomic E-state index is 0.0524. The Morgan fingerprint density at radius 3 is 2.74 bits per heavy atom. The first kappa shape index (κ1) is 20.3. The van der Waals surface area contributed by atoms with Crippen molar-refractivity contribution >= 4 is 34.2 Å². The Labute approximate surface area is 186 Å². The van der Waals surface area contributed by atoms with Gasteiger partial charge in [0.2, 0.25) is 0 Å². The lowest BCUT2D eigenvalue weighted by Gasteiger charge is -2.35. The number of nitrogens with two attached hydrogens (primary N) is 1. The van der Waals surface area contributed by atoms with Crippen LogP contribution in [0.1, 0.15) is 46.7 Å². The number of amides is 1. The first-order chi connectivity index (χ1) is 15.0. The Kier molecular flexibility index (Phi) is 5.10. The van der Waals surface area contributed by atoms with E-state index in [0.29, 0.717) is 16.4 Å². The number of likely N-dealkylation sites (N-methyl/N-ethyl adjacent to an activating group) is 1. The van der Waals surface area contributed by atoms with Crippen LogP contribution in [-0.2, 0) is 0 Å². The van der Waals surface area contributed by atoms with Crippen LogP contribution in [-0.4, -0.2) is 63.5 Å². The van der Waals surface area contributed by atoms with E-state index in [2.05, 4.69) is 28.0 Å². The standard InChI is InChI=1S/C23H27ClN6O/c1-14-21(25)26-13-27-22(14)30-10-6-16-18(30)11-17(24)20(23(31)29-8-4-9-29)19(16)15-5-3-7-28(2)12-15/h6,10-11,13,15H,3-5,7-9,12H2,1-2H3,(H2,25,26,27). The summed E-state index contributed by atoms with van der Waals surface area (Å²) in [5, 5.41) is 1.57. The number of anilines is 1. The maximum atomic E-state index is 13.4. The van der Waals surface area contributed by atoms with E-state index in [1.54, 1.807) is 0 Å². The molecular formula is C23H27ClN6O. The third-order valence-electron chi connectivity index (χ3n) is 6.70. The maximum absolute atomic E-state index is 13.4. The van der Waals surface area contributed by atoms with E-state index in [0.717, 1.165) is 73.3 Å². The number of fused-ring (bicyclic) bond motifs is 1. The fraction of sp³-hybridized carbons (Fsp3) is 0.435. The average Bonchev–Trinajstić information content (AvgIpc) is 3.10. The van der Waals surface area contributed by atoms with Gasteiger partial charge in [0.25, 0.3) is 5.91 Å². The van der Waals surface area contributed by atoms with Gasteiger partial charge in [0.15, 0.2) is 0 Å². The number of piperidine rings is 1. The summed E-state index contributed by atoms with van der Waals surface area (Å²) in [5.74, 6) is 1.49. The largest absolute Gasteiger partial charge is 0.383 e. The topological polar surface area (TPSA) is 80.3 Å². The minimum Gasteiger partial charge on any atom is -0.383 e. The van der Waals surface area contributed by atoms with Crippen molar-refractivity contribution in [3.8, 4) is 5.82 Å². The molecule has 2 saturated heterocycles. The summed E-state index contributed by atoms with van der Waals surface area (Å²) < 4.78 is 2.00.